The van der Waals surface area contributed by atoms with Crippen molar-refractivity contribution in [1.29, 1.82) is 0 Å². The summed E-state index contributed by atoms with van der Waals surface area (Å²) in [4.78, 5) is 4.18. The predicted octanol–water partition coefficient (Wildman–Crippen LogP) is 4.39. The third kappa shape index (κ3) is 3.31. The van der Waals surface area contributed by atoms with Crippen molar-refractivity contribution in [1.82, 2.24) is 10.2 Å². The first-order valence-corrected chi connectivity index (χ1v) is 9.05. The van der Waals surface area contributed by atoms with Crippen molar-refractivity contribution < 1.29 is 0 Å². The molecule has 2 heterocycles. The fraction of sp³-hybridized carbons (Fsp3) is 0.556. The summed E-state index contributed by atoms with van der Waals surface area (Å²) in [6, 6.07) is 9.63. The molecule has 3 heteroatoms. The molecule has 0 bridgehead atoms. The molecular formula is C18H26N2S. The van der Waals surface area contributed by atoms with E-state index in [0.717, 1.165) is 25.7 Å². The van der Waals surface area contributed by atoms with Gasteiger partial charge >= 0.3 is 0 Å². The maximum absolute atomic E-state index is 3.58. The molecular weight excluding hydrogens is 276 g/mol. The average molecular weight is 302 g/mol. The van der Waals surface area contributed by atoms with E-state index >= 15 is 0 Å². The SMILES string of the molecule is CCCNCc1sc2ccccc2c1CN1CCCC1C. The van der Waals surface area contributed by atoms with Crippen molar-refractivity contribution in [3.8, 4) is 0 Å². The lowest BCUT2D eigenvalue weighted by molar-refractivity contribution is 0.261. The van der Waals surface area contributed by atoms with Gasteiger partial charge in [0.25, 0.3) is 0 Å². The highest BCUT2D eigenvalue weighted by molar-refractivity contribution is 7.19. The van der Waals surface area contributed by atoms with Crippen LogP contribution in [0.15, 0.2) is 24.3 Å². The molecule has 1 atom stereocenters. The van der Waals surface area contributed by atoms with E-state index in [1.54, 1.807) is 5.56 Å². The highest BCUT2D eigenvalue weighted by Crippen LogP contribution is 2.33. The third-order valence-electron chi connectivity index (χ3n) is 4.55. The molecule has 2 nitrogen and oxygen atoms in total. The van der Waals surface area contributed by atoms with Gasteiger partial charge in [0, 0.05) is 28.7 Å². The first-order valence-electron chi connectivity index (χ1n) is 8.23. The van der Waals surface area contributed by atoms with E-state index in [0.29, 0.717) is 0 Å². The smallest absolute Gasteiger partial charge is 0.0349 e. The zero-order valence-corrected chi connectivity index (χ0v) is 14.0. The maximum atomic E-state index is 3.58. The second kappa shape index (κ2) is 6.91. The van der Waals surface area contributed by atoms with E-state index in [2.05, 4.69) is 48.3 Å². The summed E-state index contributed by atoms with van der Waals surface area (Å²) in [5.41, 5.74) is 1.56. The van der Waals surface area contributed by atoms with Crippen molar-refractivity contribution in [2.45, 2.75) is 52.2 Å². The van der Waals surface area contributed by atoms with Crippen LogP contribution in [0, 0.1) is 0 Å². The Bertz CT molecular complexity index is 590. The monoisotopic (exact) mass is 302 g/mol. The van der Waals surface area contributed by atoms with Crippen molar-refractivity contribution >= 4 is 21.4 Å². The largest absolute Gasteiger partial charge is 0.312 e. The molecule has 0 amide bonds. The number of fused-ring (bicyclic) bond motifs is 1. The molecule has 0 radical (unpaired) electrons. The second-order valence-electron chi connectivity index (χ2n) is 6.14. The molecule has 1 fully saturated rings. The Kier molecular flexibility index (Phi) is 4.94. The summed E-state index contributed by atoms with van der Waals surface area (Å²) < 4.78 is 1.44. The molecule has 1 aromatic heterocycles. The molecule has 1 unspecified atom stereocenters. The van der Waals surface area contributed by atoms with Gasteiger partial charge < -0.3 is 5.32 Å². The minimum atomic E-state index is 0.736. The van der Waals surface area contributed by atoms with Gasteiger partial charge in [-0.05, 0) is 56.3 Å². The van der Waals surface area contributed by atoms with Gasteiger partial charge in [-0.2, -0.15) is 0 Å². The molecule has 1 aromatic carbocycles. The number of hydrogen-bond acceptors (Lipinski definition) is 3. The van der Waals surface area contributed by atoms with Gasteiger partial charge in [-0.1, -0.05) is 25.1 Å². The van der Waals surface area contributed by atoms with Crippen LogP contribution in [0.25, 0.3) is 10.1 Å². The van der Waals surface area contributed by atoms with Gasteiger partial charge in [-0.15, -0.1) is 11.3 Å². The van der Waals surface area contributed by atoms with Crippen LogP contribution in [-0.2, 0) is 13.1 Å². The number of rotatable bonds is 6. The average Bonchev–Trinajstić information content (AvgIpc) is 3.05. The lowest BCUT2D eigenvalue weighted by Gasteiger charge is -2.21. The molecule has 3 rings (SSSR count). The molecule has 21 heavy (non-hydrogen) atoms. The van der Waals surface area contributed by atoms with Gasteiger partial charge in [-0.25, -0.2) is 0 Å². The fourth-order valence-electron chi connectivity index (χ4n) is 3.28. The number of likely N-dealkylation sites (tertiary alicyclic amines) is 1. The van der Waals surface area contributed by atoms with E-state index < -0.39 is 0 Å². The maximum Gasteiger partial charge on any atom is 0.0349 e. The van der Waals surface area contributed by atoms with Gasteiger partial charge in [0.05, 0.1) is 0 Å². The molecule has 114 valence electrons. The fourth-order valence-corrected chi connectivity index (χ4v) is 4.46. The van der Waals surface area contributed by atoms with Crippen LogP contribution >= 0.6 is 11.3 Å². The molecule has 0 aliphatic carbocycles. The Hall–Kier alpha value is -0.900. The Morgan fingerprint density at radius 2 is 2.19 bits per heavy atom. The van der Waals surface area contributed by atoms with Crippen LogP contribution in [0.2, 0.25) is 0 Å². The van der Waals surface area contributed by atoms with Gasteiger partial charge in [0.1, 0.15) is 0 Å². The molecule has 1 aliphatic rings. The Morgan fingerprint density at radius 3 is 2.95 bits per heavy atom. The highest BCUT2D eigenvalue weighted by atomic mass is 32.1. The van der Waals surface area contributed by atoms with Gasteiger partial charge in [0.2, 0.25) is 0 Å². The zero-order chi connectivity index (χ0) is 14.7. The number of benzene rings is 1. The Morgan fingerprint density at radius 1 is 1.33 bits per heavy atom. The Balaban J connectivity index is 1.87. The lowest BCUT2D eigenvalue weighted by Crippen LogP contribution is -2.26. The second-order valence-corrected chi connectivity index (χ2v) is 7.28. The molecule has 2 aromatic rings. The van der Waals surface area contributed by atoms with Crippen molar-refractivity contribution in [3.63, 3.8) is 0 Å². The lowest BCUT2D eigenvalue weighted by atomic mass is 10.1. The van der Waals surface area contributed by atoms with E-state index in [1.807, 2.05) is 11.3 Å². The first kappa shape index (κ1) is 15.0. The topological polar surface area (TPSA) is 15.3 Å². The van der Waals surface area contributed by atoms with E-state index in [-0.39, 0.29) is 0 Å². The molecule has 1 saturated heterocycles. The number of hydrogen-bond donors (Lipinski definition) is 1. The van der Waals surface area contributed by atoms with Crippen molar-refractivity contribution in [3.05, 3.63) is 34.7 Å². The predicted molar refractivity (Wildman–Crippen MR) is 92.9 cm³/mol. The highest BCUT2D eigenvalue weighted by Gasteiger charge is 2.22. The van der Waals surface area contributed by atoms with Gasteiger partial charge in [-0.3, -0.25) is 4.90 Å². The van der Waals surface area contributed by atoms with Gasteiger partial charge in [0.15, 0.2) is 0 Å². The number of nitrogens with zero attached hydrogens (tertiary/aromatic N) is 1. The standard InChI is InChI=1S/C18H26N2S/c1-3-10-19-12-18-16(13-20-11-6-7-14(20)2)15-8-4-5-9-17(15)21-18/h4-5,8-9,14,19H,3,6-7,10-13H2,1-2H3. The summed E-state index contributed by atoms with van der Waals surface area (Å²) in [5.74, 6) is 0. The van der Waals surface area contributed by atoms with Crippen molar-refractivity contribution in [2.75, 3.05) is 13.1 Å². The molecule has 1 N–H and O–H groups in total. The first-order chi connectivity index (χ1) is 10.3. The summed E-state index contributed by atoms with van der Waals surface area (Å²) in [5, 5.41) is 5.05. The summed E-state index contributed by atoms with van der Waals surface area (Å²) >= 11 is 1.97. The normalized spacial score (nSPS) is 19.6. The minimum absolute atomic E-state index is 0.736. The van der Waals surface area contributed by atoms with Crippen LogP contribution in [0.3, 0.4) is 0 Å². The molecule has 0 saturated carbocycles. The summed E-state index contributed by atoms with van der Waals surface area (Å²) in [6.07, 6.45) is 3.90. The van der Waals surface area contributed by atoms with Crippen LogP contribution in [-0.4, -0.2) is 24.0 Å². The zero-order valence-electron chi connectivity index (χ0n) is 13.2. The van der Waals surface area contributed by atoms with Crippen LogP contribution in [0.4, 0.5) is 0 Å². The summed E-state index contributed by atoms with van der Waals surface area (Å²) in [6.45, 7) is 9.10. The van der Waals surface area contributed by atoms with E-state index in [4.69, 9.17) is 0 Å². The van der Waals surface area contributed by atoms with E-state index in [1.165, 1.54) is 40.8 Å². The summed E-state index contributed by atoms with van der Waals surface area (Å²) in [7, 11) is 0. The molecule has 0 spiro atoms. The number of nitrogens with one attached hydrogen (secondary N) is 1. The van der Waals surface area contributed by atoms with Crippen molar-refractivity contribution in [2.24, 2.45) is 0 Å². The molecule has 1 aliphatic heterocycles. The number of thiophene rings is 1. The van der Waals surface area contributed by atoms with Crippen LogP contribution < -0.4 is 5.32 Å². The van der Waals surface area contributed by atoms with Crippen LogP contribution in [0.5, 0.6) is 0 Å². The minimum Gasteiger partial charge on any atom is -0.312 e. The van der Waals surface area contributed by atoms with E-state index in [9.17, 15) is 0 Å². The van der Waals surface area contributed by atoms with Crippen LogP contribution in [0.1, 0.15) is 43.6 Å². The Labute approximate surface area is 132 Å². The third-order valence-corrected chi connectivity index (χ3v) is 5.76. The quantitative estimate of drug-likeness (QED) is 0.796.